The second-order valence-corrected chi connectivity index (χ2v) is 4.36. The van der Waals surface area contributed by atoms with Crippen LogP contribution in [-0.2, 0) is 13.0 Å². The SMILES string of the molecule is OCc1csc(CCOc2ccccc2F)n1. The lowest BCUT2D eigenvalue weighted by molar-refractivity contribution is 0.276. The van der Waals surface area contributed by atoms with Gasteiger partial charge in [0.1, 0.15) is 0 Å². The zero-order valence-corrected chi connectivity index (χ0v) is 9.91. The number of rotatable bonds is 5. The van der Waals surface area contributed by atoms with Crippen LogP contribution in [0.4, 0.5) is 4.39 Å². The summed E-state index contributed by atoms with van der Waals surface area (Å²) in [7, 11) is 0. The van der Waals surface area contributed by atoms with Crippen molar-refractivity contribution >= 4 is 11.3 Å². The van der Waals surface area contributed by atoms with E-state index in [1.807, 2.05) is 0 Å². The molecule has 2 rings (SSSR count). The van der Waals surface area contributed by atoms with Gasteiger partial charge in [-0.05, 0) is 12.1 Å². The zero-order valence-electron chi connectivity index (χ0n) is 9.10. The van der Waals surface area contributed by atoms with Gasteiger partial charge in [0.05, 0.1) is 23.9 Å². The first-order valence-electron chi connectivity index (χ1n) is 5.21. The Kier molecular flexibility index (Phi) is 4.06. The summed E-state index contributed by atoms with van der Waals surface area (Å²) >= 11 is 1.47. The first kappa shape index (κ1) is 12.0. The fraction of sp³-hybridized carbons (Fsp3) is 0.250. The molecule has 1 aromatic heterocycles. The van der Waals surface area contributed by atoms with E-state index in [2.05, 4.69) is 4.98 Å². The lowest BCUT2D eigenvalue weighted by Gasteiger charge is -2.05. The summed E-state index contributed by atoms with van der Waals surface area (Å²) < 4.78 is 18.5. The van der Waals surface area contributed by atoms with Crippen LogP contribution in [0.15, 0.2) is 29.6 Å². The van der Waals surface area contributed by atoms with Crippen LogP contribution < -0.4 is 4.74 Å². The molecule has 0 amide bonds. The van der Waals surface area contributed by atoms with Crippen LogP contribution in [0.2, 0.25) is 0 Å². The van der Waals surface area contributed by atoms with E-state index in [-0.39, 0.29) is 18.2 Å². The van der Waals surface area contributed by atoms with Crippen LogP contribution in [0.5, 0.6) is 5.75 Å². The van der Waals surface area contributed by atoms with Crippen LogP contribution in [0.25, 0.3) is 0 Å². The highest BCUT2D eigenvalue weighted by atomic mass is 32.1. The number of ether oxygens (including phenoxy) is 1. The molecule has 0 saturated carbocycles. The second kappa shape index (κ2) is 5.75. The molecule has 2 aromatic rings. The third-order valence-corrected chi connectivity index (χ3v) is 3.13. The maximum Gasteiger partial charge on any atom is 0.165 e. The van der Waals surface area contributed by atoms with Gasteiger partial charge in [-0.15, -0.1) is 11.3 Å². The van der Waals surface area contributed by atoms with Crippen molar-refractivity contribution in [3.8, 4) is 5.75 Å². The molecule has 1 N–H and O–H groups in total. The van der Waals surface area contributed by atoms with Crippen molar-refractivity contribution in [3.63, 3.8) is 0 Å². The number of halogens is 1. The van der Waals surface area contributed by atoms with Crippen molar-refractivity contribution in [3.05, 3.63) is 46.2 Å². The standard InChI is InChI=1S/C12H12FNO2S/c13-10-3-1-2-4-11(10)16-6-5-12-14-9(7-15)8-17-12/h1-4,8,15H,5-7H2. The first-order valence-corrected chi connectivity index (χ1v) is 6.09. The Balaban J connectivity index is 1.85. The van der Waals surface area contributed by atoms with Gasteiger partial charge < -0.3 is 9.84 Å². The molecule has 17 heavy (non-hydrogen) atoms. The maximum atomic E-state index is 13.2. The molecule has 5 heteroatoms. The monoisotopic (exact) mass is 253 g/mol. The van der Waals surface area contributed by atoms with E-state index in [0.29, 0.717) is 18.7 Å². The van der Waals surface area contributed by atoms with Crippen molar-refractivity contribution in [2.75, 3.05) is 6.61 Å². The quantitative estimate of drug-likeness (QED) is 0.889. The third-order valence-electron chi connectivity index (χ3n) is 2.17. The van der Waals surface area contributed by atoms with E-state index in [1.54, 1.807) is 23.6 Å². The third kappa shape index (κ3) is 3.25. The van der Waals surface area contributed by atoms with Crippen LogP contribution >= 0.6 is 11.3 Å². The predicted molar refractivity (Wildman–Crippen MR) is 63.6 cm³/mol. The number of aromatic nitrogens is 1. The van der Waals surface area contributed by atoms with Crippen molar-refractivity contribution in [1.29, 1.82) is 0 Å². The molecule has 0 spiro atoms. The van der Waals surface area contributed by atoms with Gasteiger partial charge in [0.15, 0.2) is 11.6 Å². The molecule has 1 heterocycles. The molecule has 0 aliphatic rings. The molecular formula is C12H12FNO2S. The van der Waals surface area contributed by atoms with Gasteiger partial charge >= 0.3 is 0 Å². The minimum atomic E-state index is -0.359. The van der Waals surface area contributed by atoms with E-state index in [0.717, 1.165) is 5.01 Å². The molecular weight excluding hydrogens is 241 g/mol. The number of aliphatic hydroxyl groups is 1. The van der Waals surface area contributed by atoms with Crippen LogP contribution in [0, 0.1) is 5.82 Å². The van der Waals surface area contributed by atoms with Crippen LogP contribution in [0.1, 0.15) is 10.7 Å². The summed E-state index contributed by atoms with van der Waals surface area (Å²) in [6, 6.07) is 6.31. The Morgan fingerprint density at radius 2 is 2.18 bits per heavy atom. The van der Waals surface area contributed by atoms with Gasteiger partial charge in [-0.25, -0.2) is 9.37 Å². The van der Waals surface area contributed by atoms with E-state index in [9.17, 15) is 4.39 Å². The lowest BCUT2D eigenvalue weighted by Crippen LogP contribution is -2.02. The molecule has 0 bridgehead atoms. The lowest BCUT2D eigenvalue weighted by atomic mass is 10.3. The van der Waals surface area contributed by atoms with Crippen LogP contribution in [0.3, 0.4) is 0 Å². The molecule has 90 valence electrons. The molecule has 0 radical (unpaired) electrons. The Morgan fingerprint density at radius 3 is 2.88 bits per heavy atom. The molecule has 0 saturated heterocycles. The fourth-order valence-electron chi connectivity index (χ4n) is 1.35. The molecule has 0 unspecified atom stereocenters. The Hall–Kier alpha value is -1.46. The number of aliphatic hydroxyl groups excluding tert-OH is 1. The normalized spacial score (nSPS) is 10.5. The summed E-state index contributed by atoms with van der Waals surface area (Å²) in [6.45, 7) is 0.323. The predicted octanol–water partition coefficient (Wildman–Crippen LogP) is 2.40. The number of thiazole rings is 1. The number of nitrogens with zero attached hydrogens (tertiary/aromatic N) is 1. The number of benzene rings is 1. The van der Waals surface area contributed by atoms with Crippen LogP contribution in [-0.4, -0.2) is 16.7 Å². The molecule has 0 atom stereocenters. The van der Waals surface area contributed by atoms with Gasteiger partial charge in [0.2, 0.25) is 0 Å². The topological polar surface area (TPSA) is 42.4 Å². The van der Waals surface area contributed by atoms with Crippen molar-refractivity contribution in [1.82, 2.24) is 4.98 Å². The first-order chi connectivity index (χ1) is 8.29. The van der Waals surface area contributed by atoms with Gasteiger partial charge in [0.25, 0.3) is 0 Å². The minimum Gasteiger partial charge on any atom is -0.490 e. The highest BCUT2D eigenvalue weighted by Gasteiger charge is 2.04. The van der Waals surface area contributed by atoms with E-state index >= 15 is 0 Å². The fourth-order valence-corrected chi connectivity index (χ4v) is 2.12. The molecule has 3 nitrogen and oxygen atoms in total. The van der Waals surface area contributed by atoms with Gasteiger partial charge in [0, 0.05) is 11.8 Å². The average molecular weight is 253 g/mol. The highest BCUT2D eigenvalue weighted by molar-refractivity contribution is 7.09. The summed E-state index contributed by atoms with van der Waals surface area (Å²) in [5.74, 6) is -0.103. The van der Waals surface area contributed by atoms with Gasteiger partial charge in [-0.3, -0.25) is 0 Å². The van der Waals surface area contributed by atoms with Crippen molar-refractivity contribution < 1.29 is 14.2 Å². The average Bonchev–Trinajstić information content (AvgIpc) is 2.80. The summed E-state index contributed by atoms with van der Waals surface area (Å²) in [4.78, 5) is 4.18. The largest absolute Gasteiger partial charge is 0.490 e. The number of hydrogen-bond acceptors (Lipinski definition) is 4. The molecule has 0 aliphatic carbocycles. The number of hydrogen-bond donors (Lipinski definition) is 1. The van der Waals surface area contributed by atoms with Crippen molar-refractivity contribution in [2.45, 2.75) is 13.0 Å². The summed E-state index contributed by atoms with van der Waals surface area (Å²) in [6.07, 6.45) is 0.610. The van der Waals surface area contributed by atoms with E-state index in [4.69, 9.17) is 9.84 Å². The zero-order chi connectivity index (χ0) is 12.1. The maximum absolute atomic E-state index is 13.2. The van der Waals surface area contributed by atoms with E-state index < -0.39 is 0 Å². The van der Waals surface area contributed by atoms with Gasteiger partial charge in [-0.2, -0.15) is 0 Å². The highest BCUT2D eigenvalue weighted by Crippen LogP contribution is 2.16. The summed E-state index contributed by atoms with van der Waals surface area (Å²) in [5, 5.41) is 11.5. The molecule has 0 aliphatic heterocycles. The molecule has 0 fully saturated rings. The van der Waals surface area contributed by atoms with Gasteiger partial charge in [-0.1, -0.05) is 12.1 Å². The van der Waals surface area contributed by atoms with Crippen molar-refractivity contribution in [2.24, 2.45) is 0 Å². The Morgan fingerprint density at radius 1 is 1.35 bits per heavy atom. The summed E-state index contributed by atoms with van der Waals surface area (Å²) in [5.41, 5.74) is 0.663. The number of para-hydroxylation sites is 1. The Labute approximate surface area is 103 Å². The molecule has 1 aromatic carbocycles. The Bertz CT molecular complexity index is 487. The second-order valence-electron chi connectivity index (χ2n) is 3.42. The van der Waals surface area contributed by atoms with E-state index in [1.165, 1.54) is 17.4 Å². The minimum absolute atomic E-state index is 0.0509. The smallest absolute Gasteiger partial charge is 0.165 e.